The summed E-state index contributed by atoms with van der Waals surface area (Å²) in [6.45, 7) is 3.56. The van der Waals surface area contributed by atoms with Crippen LogP contribution in [0.4, 0.5) is 0 Å². The van der Waals surface area contributed by atoms with Gasteiger partial charge >= 0.3 is 0 Å². The van der Waals surface area contributed by atoms with Crippen LogP contribution in [-0.2, 0) is 4.79 Å². The van der Waals surface area contributed by atoms with E-state index in [1.807, 2.05) is 6.92 Å². The fourth-order valence-electron chi connectivity index (χ4n) is 1.94. The van der Waals surface area contributed by atoms with Crippen LogP contribution in [0.25, 0.3) is 0 Å². The van der Waals surface area contributed by atoms with Crippen molar-refractivity contribution in [3.63, 3.8) is 0 Å². The number of carbonyl (C=O) groups excluding carboxylic acids is 1. The van der Waals surface area contributed by atoms with Gasteiger partial charge in [0, 0.05) is 18.7 Å². The van der Waals surface area contributed by atoms with Crippen LogP contribution < -0.4 is 10.6 Å². The van der Waals surface area contributed by atoms with Gasteiger partial charge < -0.3 is 15.7 Å². The van der Waals surface area contributed by atoms with Gasteiger partial charge in [-0.25, -0.2) is 0 Å². The van der Waals surface area contributed by atoms with Gasteiger partial charge in [-0.05, 0) is 31.8 Å². The lowest BCUT2D eigenvalue weighted by atomic mass is 9.77. The molecule has 0 spiro atoms. The highest BCUT2D eigenvalue weighted by Gasteiger charge is 2.38. The van der Waals surface area contributed by atoms with Gasteiger partial charge in [-0.15, -0.1) is 0 Å². The van der Waals surface area contributed by atoms with Crippen molar-refractivity contribution < 1.29 is 9.90 Å². The molecule has 1 saturated heterocycles. The Hall–Kier alpha value is -0.870. The number of aliphatic hydroxyl groups excluding tert-OH is 1. The molecule has 4 nitrogen and oxygen atoms in total. The second-order valence-electron chi connectivity index (χ2n) is 4.58. The van der Waals surface area contributed by atoms with Crippen LogP contribution in [0, 0.1) is 0 Å². The average molecular weight is 210 g/mol. The summed E-state index contributed by atoms with van der Waals surface area (Å²) in [5.41, 5.74) is 1.67. The molecule has 4 heteroatoms. The molecule has 0 aromatic heterocycles. The number of hydrogen-bond acceptors (Lipinski definition) is 3. The zero-order chi connectivity index (χ0) is 10.9. The van der Waals surface area contributed by atoms with Crippen LogP contribution >= 0.6 is 0 Å². The molecule has 2 aliphatic rings. The Balaban J connectivity index is 1.97. The Morgan fingerprint density at radius 1 is 1.53 bits per heavy atom. The van der Waals surface area contributed by atoms with Crippen molar-refractivity contribution in [1.29, 1.82) is 0 Å². The van der Waals surface area contributed by atoms with Crippen LogP contribution in [0.2, 0.25) is 0 Å². The van der Waals surface area contributed by atoms with E-state index in [-0.39, 0.29) is 18.1 Å². The summed E-state index contributed by atoms with van der Waals surface area (Å²) in [5.74, 6) is -0.0137. The predicted molar refractivity (Wildman–Crippen MR) is 57.4 cm³/mol. The average Bonchev–Trinajstić information content (AvgIpc) is 2.08. The molecule has 0 bridgehead atoms. The van der Waals surface area contributed by atoms with Crippen LogP contribution in [0.1, 0.15) is 26.2 Å². The zero-order valence-corrected chi connectivity index (χ0v) is 9.10. The fraction of sp³-hybridized carbons (Fsp3) is 0.727. The van der Waals surface area contributed by atoms with E-state index in [0.717, 1.165) is 37.9 Å². The van der Waals surface area contributed by atoms with Crippen molar-refractivity contribution in [3.05, 3.63) is 11.1 Å². The minimum Gasteiger partial charge on any atom is -0.394 e. The molecule has 0 atom stereocenters. The Bertz CT molecular complexity index is 294. The summed E-state index contributed by atoms with van der Waals surface area (Å²) in [7, 11) is 0. The van der Waals surface area contributed by atoms with Gasteiger partial charge in [0.25, 0.3) is 0 Å². The van der Waals surface area contributed by atoms with Crippen molar-refractivity contribution in [2.24, 2.45) is 0 Å². The number of rotatable bonds is 3. The molecule has 1 saturated carbocycles. The second kappa shape index (κ2) is 3.94. The summed E-state index contributed by atoms with van der Waals surface area (Å²) in [6.07, 6.45) is 2.89. The number of hydrogen-bond donors (Lipinski definition) is 3. The van der Waals surface area contributed by atoms with Crippen molar-refractivity contribution in [2.75, 3.05) is 19.7 Å². The summed E-state index contributed by atoms with van der Waals surface area (Å²) in [6, 6.07) is 0. The molecule has 1 heterocycles. The van der Waals surface area contributed by atoms with Gasteiger partial charge in [-0.3, -0.25) is 4.79 Å². The van der Waals surface area contributed by atoms with E-state index in [2.05, 4.69) is 10.6 Å². The van der Waals surface area contributed by atoms with Crippen LogP contribution in [0.3, 0.4) is 0 Å². The summed E-state index contributed by atoms with van der Waals surface area (Å²) < 4.78 is 0. The van der Waals surface area contributed by atoms with Crippen molar-refractivity contribution in [1.82, 2.24) is 10.6 Å². The van der Waals surface area contributed by atoms with Crippen LogP contribution in [0.15, 0.2) is 11.1 Å². The quantitative estimate of drug-likeness (QED) is 0.572. The Kier molecular flexibility index (Phi) is 2.80. The molecule has 84 valence electrons. The third-order valence-electron chi connectivity index (χ3n) is 3.54. The highest BCUT2D eigenvalue weighted by Crippen LogP contribution is 2.31. The van der Waals surface area contributed by atoms with Crippen molar-refractivity contribution in [2.45, 2.75) is 31.7 Å². The molecule has 0 unspecified atom stereocenters. The predicted octanol–water partition coefficient (Wildman–Crippen LogP) is -0.0627. The Labute approximate surface area is 89.7 Å². The Morgan fingerprint density at radius 2 is 2.20 bits per heavy atom. The first kappa shape index (κ1) is 10.6. The molecule has 15 heavy (non-hydrogen) atoms. The summed E-state index contributed by atoms with van der Waals surface area (Å²) in [4.78, 5) is 11.8. The smallest absolute Gasteiger partial charge is 0.247 e. The fourth-order valence-corrected chi connectivity index (χ4v) is 1.94. The molecule has 0 aromatic carbocycles. The molecular weight excluding hydrogens is 192 g/mol. The number of nitrogens with one attached hydrogen (secondary N) is 2. The monoisotopic (exact) mass is 210 g/mol. The topological polar surface area (TPSA) is 61.4 Å². The van der Waals surface area contributed by atoms with E-state index in [4.69, 9.17) is 0 Å². The third-order valence-corrected chi connectivity index (χ3v) is 3.54. The van der Waals surface area contributed by atoms with Crippen LogP contribution in [-0.4, -0.2) is 36.2 Å². The van der Waals surface area contributed by atoms with E-state index in [9.17, 15) is 9.90 Å². The molecule has 2 fully saturated rings. The Morgan fingerprint density at radius 3 is 2.53 bits per heavy atom. The highest BCUT2D eigenvalue weighted by molar-refractivity contribution is 5.94. The van der Waals surface area contributed by atoms with E-state index in [1.54, 1.807) is 0 Å². The molecule has 2 rings (SSSR count). The van der Waals surface area contributed by atoms with Gasteiger partial charge in [0.1, 0.15) is 0 Å². The number of carbonyl (C=O) groups is 1. The minimum absolute atomic E-state index is 0.0137. The largest absolute Gasteiger partial charge is 0.394 e. The van der Waals surface area contributed by atoms with E-state index >= 15 is 0 Å². The first-order valence-electron chi connectivity index (χ1n) is 5.50. The van der Waals surface area contributed by atoms with E-state index in [1.165, 1.54) is 5.57 Å². The van der Waals surface area contributed by atoms with E-state index < -0.39 is 0 Å². The zero-order valence-electron chi connectivity index (χ0n) is 9.10. The maximum atomic E-state index is 11.8. The standard InChI is InChI=1S/C11H18N2O2/c1-8(9-5-12-6-9)10(15)13-11(7-14)3-2-4-11/h12,14H,2-7H2,1H3,(H,13,15). The van der Waals surface area contributed by atoms with Gasteiger partial charge in [0.15, 0.2) is 0 Å². The minimum atomic E-state index is -0.323. The lowest BCUT2D eigenvalue weighted by molar-refractivity contribution is -0.121. The molecule has 0 radical (unpaired) electrons. The lowest BCUT2D eigenvalue weighted by Crippen LogP contribution is -2.56. The van der Waals surface area contributed by atoms with Gasteiger partial charge in [-0.1, -0.05) is 0 Å². The van der Waals surface area contributed by atoms with Gasteiger partial charge in [0.2, 0.25) is 5.91 Å². The van der Waals surface area contributed by atoms with Crippen molar-refractivity contribution >= 4 is 5.91 Å². The molecule has 0 aromatic rings. The second-order valence-corrected chi connectivity index (χ2v) is 4.58. The SMILES string of the molecule is CC(C(=O)NC1(CO)CCC1)=C1CNC1. The lowest BCUT2D eigenvalue weighted by Gasteiger charge is -2.41. The van der Waals surface area contributed by atoms with Gasteiger partial charge in [-0.2, -0.15) is 0 Å². The molecule has 1 amide bonds. The summed E-state index contributed by atoms with van der Waals surface area (Å²) in [5, 5.41) is 15.3. The molecule has 1 aliphatic heterocycles. The number of amides is 1. The first-order chi connectivity index (χ1) is 7.17. The summed E-state index contributed by atoms with van der Waals surface area (Å²) >= 11 is 0. The first-order valence-corrected chi connectivity index (χ1v) is 5.50. The maximum Gasteiger partial charge on any atom is 0.247 e. The molecular formula is C11H18N2O2. The number of aliphatic hydroxyl groups is 1. The van der Waals surface area contributed by atoms with E-state index in [0.29, 0.717) is 0 Å². The maximum absolute atomic E-state index is 11.8. The third kappa shape index (κ3) is 1.92. The van der Waals surface area contributed by atoms with Crippen LogP contribution in [0.5, 0.6) is 0 Å². The molecule has 1 aliphatic carbocycles. The normalized spacial score (nSPS) is 22.7. The highest BCUT2D eigenvalue weighted by atomic mass is 16.3. The van der Waals surface area contributed by atoms with Gasteiger partial charge in [0.05, 0.1) is 12.1 Å². The van der Waals surface area contributed by atoms with Crippen molar-refractivity contribution in [3.8, 4) is 0 Å². The molecule has 3 N–H and O–H groups in total.